The van der Waals surface area contributed by atoms with E-state index < -0.39 is 11.8 Å². The van der Waals surface area contributed by atoms with Gasteiger partial charge in [0.25, 0.3) is 0 Å². The number of nitrogens with one attached hydrogen (secondary N) is 2. The summed E-state index contributed by atoms with van der Waals surface area (Å²) < 4.78 is 20.5. The average molecular weight is 501 g/mol. The fourth-order valence-corrected chi connectivity index (χ4v) is 4.68. The Bertz CT molecular complexity index is 1290. The third-order valence-corrected chi connectivity index (χ3v) is 6.35. The molecule has 33 heavy (non-hydrogen) atoms. The van der Waals surface area contributed by atoms with Crippen LogP contribution in [0.4, 0.5) is 15.1 Å². The maximum atomic E-state index is 14.0. The molecule has 168 valence electrons. The molecule has 2 aromatic carbocycles. The van der Waals surface area contributed by atoms with Crippen LogP contribution in [0, 0.1) is 5.82 Å². The van der Waals surface area contributed by atoms with Crippen LogP contribution in [0.3, 0.4) is 0 Å². The number of carbonyl (C=O) groups is 1. The number of methoxy groups -OCH3 is 1. The molecule has 0 aliphatic rings. The molecule has 0 spiro atoms. The smallest absolute Gasteiger partial charge is 0.340 e. The summed E-state index contributed by atoms with van der Waals surface area (Å²) in [6.07, 6.45) is 3.25. The molecule has 2 aromatic heterocycles. The van der Waals surface area contributed by atoms with Crippen LogP contribution in [0.25, 0.3) is 10.4 Å². The largest absolute Gasteiger partial charge is 0.465 e. The minimum absolute atomic E-state index is 0.172. The molecule has 0 unspecified atom stereocenters. The first kappa shape index (κ1) is 22.9. The second kappa shape index (κ2) is 10.1. The third kappa shape index (κ3) is 5.39. The van der Waals surface area contributed by atoms with Gasteiger partial charge in [0.15, 0.2) is 5.11 Å². The molecule has 6 nitrogen and oxygen atoms in total. The van der Waals surface area contributed by atoms with Crippen LogP contribution in [0.15, 0.2) is 67.0 Å². The summed E-state index contributed by atoms with van der Waals surface area (Å²) in [4.78, 5) is 13.2. The first-order chi connectivity index (χ1) is 15.9. The lowest BCUT2D eigenvalue weighted by molar-refractivity contribution is 0.0602. The Labute approximate surface area is 204 Å². The molecule has 0 atom stereocenters. The van der Waals surface area contributed by atoms with Gasteiger partial charge in [-0.3, -0.25) is 4.68 Å². The number of benzene rings is 2. The first-order valence-corrected chi connectivity index (χ1v) is 11.4. The Kier molecular flexibility index (Phi) is 7.02. The van der Waals surface area contributed by atoms with Crippen LogP contribution in [0.1, 0.15) is 15.9 Å². The maximum Gasteiger partial charge on any atom is 0.340 e. The van der Waals surface area contributed by atoms with Crippen LogP contribution >= 0.6 is 35.2 Å². The molecular weight excluding hydrogens is 483 g/mol. The monoisotopic (exact) mass is 500 g/mol. The van der Waals surface area contributed by atoms with Gasteiger partial charge in [0.1, 0.15) is 10.8 Å². The molecule has 0 fully saturated rings. The van der Waals surface area contributed by atoms with Crippen molar-refractivity contribution in [2.75, 3.05) is 17.7 Å². The van der Waals surface area contributed by atoms with E-state index in [4.69, 9.17) is 28.6 Å². The van der Waals surface area contributed by atoms with Gasteiger partial charge >= 0.3 is 5.97 Å². The highest BCUT2D eigenvalue weighted by Crippen LogP contribution is 2.36. The number of hydrogen-bond donors (Lipinski definition) is 2. The van der Waals surface area contributed by atoms with Gasteiger partial charge in [0, 0.05) is 21.7 Å². The van der Waals surface area contributed by atoms with Crippen molar-refractivity contribution in [2.45, 2.75) is 6.54 Å². The summed E-state index contributed by atoms with van der Waals surface area (Å²) in [5.74, 6) is -0.861. The van der Waals surface area contributed by atoms with Crippen molar-refractivity contribution >= 4 is 56.9 Å². The fourth-order valence-electron chi connectivity index (χ4n) is 3.12. The molecule has 2 heterocycles. The van der Waals surface area contributed by atoms with Crippen LogP contribution < -0.4 is 10.6 Å². The lowest BCUT2D eigenvalue weighted by atomic mass is 10.1. The van der Waals surface area contributed by atoms with Gasteiger partial charge in [-0.15, -0.1) is 11.3 Å². The van der Waals surface area contributed by atoms with Crippen LogP contribution in [0.5, 0.6) is 0 Å². The molecule has 0 saturated carbocycles. The predicted octanol–water partition coefficient (Wildman–Crippen LogP) is 6.05. The van der Waals surface area contributed by atoms with E-state index in [9.17, 15) is 9.18 Å². The van der Waals surface area contributed by atoms with Gasteiger partial charge in [-0.1, -0.05) is 48.0 Å². The quantitative estimate of drug-likeness (QED) is 0.248. The topological polar surface area (TPSA) is 68.2 Å². The SMILES string of the molecule is COC(=O)c1cc(-c2ccccc2)sc1NC(=S)Nc1cnn(Cc2c(F)cccc2Cl)c1. The summed E-state index contributed by atoms with van der Waals surface area (Å²) in [6, 6.07) is 16.0. The lowest BCUT2D eigenvalue weighted by Crippen LogP contribution is -2.19. The number of esters is 1. The Morgan fingerprint density at radius 3 is 2.73 bits per heavy atom. The zero-order chi connectivity index (χ0) is 23.4. The van der Waals surface area contributed by atoms with E-state index in [0.29, 0.717) is 26.8 Å². The summed E-state index contributed by atoms with van der Waals surface area (Å²) in [5, 5.41) is 11.5. The van der Waals surface area contributed by atoms with E-state index in [2.05, 4.69) is 15.7 Å². The highest BCUT2D eigenvalue weighted by atomic mass is 35.5. The number of carbonyl (C=O) groups excluding carboxylic acids is 1. The standard InChI is InChI=1S/C23H18ClFN4O2S2/c1-31-22(30)16-10-20(14-6-3-2-4-7-14)33-21(16)28-23(32)27-15-11-26-29(12-15)13-17-18(24)8-5-9-19(17)25/h2-12H,13H2,1H3,(H2,27,28,32). The van der Waals surface area contributed by atoms with E-state index >= 15 is 0 Å². The van der Waals surface area contributed by atoms with Crippen molar-refractivity contribution < 1.29 is 13.9 Å². The van der Waals surface area contributed by atoms with E-state index in [1.807, 2.05) is 30.3 Å². The molecular formula is C23H18ClFN4O2S2. The summed E-state index contributed by atoms with van der Waals surface area (Å²) in [7, 11) is 1.33. The maximum absolute atomic E-state index is 14.0. The van der Waals surface area contributed by atoms with Crippen LogP contribution in [-0.4, -0.2) is 28.0 Å². The van der Waals surface area contributed by atoms with Crippen molar-refractivity contribution in [1.29, 1.82) is 0 Å². The van der Waals surface area contributed by atoms with E-state index in [1.165, 1.54) is 24.5 Å². The Morgan fingerprint density at radius 2 is 2.00 bits per heavy atom. The van der Waals surface area contributed by atoms with E-state index in [-0.39, 0.29) is 11.7 Å². The van der Waals surface area contributed by atoms with E-state index in [0.717, 1.165) is 10.4 Å². The minimum Gasteiger partial charge on any atom is -0.465 e. The average Bonchev–Trinajstić information content (AvgIpc) is 3.43. The molecule has 2 N–H and O–H groups in total. The fraction of sp³-hybridized carbons (Fsp3) is 0.0870. The van der Waals surface area contributed by atoms with Crippen LogP contribution in [0.2, 0.25) is 5.02 Å². The Balaban J connectivity index is 1.48. The van der Waals surface area contributed by atoms with Gasteiger partial charge in [-0.2, -0.15) is 5.10 Å². The normalized spacial score (nSPS) is 10.6. The number of anilines is 2. The third-order valence-electron chi connectivity index (χ3n) is 4.70. The molecule has 0 bridgehead atoms. The molecule has 0 aliphatic carbocycles. The molecule has 0 amide bonds. The highest BCUT2D eigenvalue weighted by molar-refractivity contribution is 7.80. The minimum atomic E-state index is -0.465. The Morgan fingerprint density at radius 1 is 1.21 bits per heavy atom. The highest BCUT2D eigenvalue weighted by Gasteiger charge is 2.19. The van der Waals surface area contributed by atoms with Gasteiger partial charge < -0.3 is 15.4 Å². The molecule has 4 aromatic rings. The van der Waals surface area contributed by atoms with Gasteiger partial charge in [0.2, 0.25) is 0 Å². The van der Waals surface area contributed by atoms with Crippen molar-refractivity contribution in [2.24, 2.45) is 0 Å². The number of thiophene rings is 1. The molecule has 0 radical (unpaired) electrons. The van der Waals surface area contributed by atoms with Crippen LogP contribution in [-0.2, 0) is 11.3 Å². The molecule has 4 rings (SSSR count). The summed E-state index contributed by atoms with van der Waals surface area (Å²) in [6.45, 7) is 0.172. The molecule has 10 heteroatoms. The first-order valence-electron chi connectivity index (χ1n) is 9.75. The number of hydrogen-bond acceptors (Lipinski definition) is 5. The van der Waals surface area contributed by atoms with Crippen molar-refractivity contribution in [1.82, 2.24) is 9.78 Å². The summed E-state index contributed by atoms with van der Waals surface area (Å²) >= 11 is 12.9. The lowest BCUT2D eigenvalue weighted by Gasteiger charge is -2.09. The van der Waals surface area contributed by atoms with Crippen molar-refractivity contribution in [3.63, 3.8) is 0 Å². The number of ether oxygens (including phenoxy) is 1. The number of rotatable bonds is 6. The molecule has 0 aliphatic heterocycles. The second-order valence-electron chi connectivity index (χ2n) is 6.92. The van der Waals surface area contributed by atoms with E-state index in [1.54, 1.807) is 35.3 Å². The van der Waals surface area contributed by atoms with Crippen molar-refractivity contribution in [3.05, 3.63) is 89.0 Å². The molecule has 0 saturated heterocycles. The summed E-state index contributed by atoms with van der Waals surface area (Å²) in [5.41, 5.74) is 2.31. The zero-order valence-corrected chi connectivity index (χ0v) is 19.7. The zero-order valence-electron chi connectivity index (χ0n) is 17.3. The van der Waals surface area contributed by atoms with Gasteiger partial charge in [-0.05, 0) is 36.0 Å². The number of halogens is 2. The number of thiocarbonyl (C=S) groups is 1. The van der Waals surface area contributed by atoms with Gasteiger partial charge in [0.05, 0.1) is 31.1 Å². The predicted molar refractivity (Wildman–Crippen MR) is 134 cm³/mol. The van der Waals surface area contributed by atoms with Crippen molar-refractivity contribution in [3.8, 4) is 10.4 Å². The van der Waals surface area contributed by atoms with Gasteiger partial charge in [-0.25, -0.2) is 9.18 Å². The number of aromatic nitrogens is 2. The second-order valence-corrected chi connectivity index (χ2v) is 8.78. The number of nitrogens with zero attached hydrogens (tertiary/aromatic N) is 2. The Hall–Kier alpha value is -3.27.